The molecule has 0 amide bonds. The van der Waals surface area contributed by atoms with E-state index in [1.165, 1.54) is 17.3 Å². The van der Waals surface area contributed by atoms with E-state index in [1.54, 1.807) is 6.20 Å². The number of aryl methyl sites for hydroxylation is 1. The fourth-order valence-electron chi connectivity index (χ4n) is 1.27. The molecule has 0 saturated heterocycles. The number of aromatic nitrogens is 1. The van der Waals surface area contributed by atoms with E-state index in [0.29, 0.717) is 6.42 Å². The second kappa shape index (κ2) is 8.97. The van der Waals surface area contributed by atoms with Gasteiger partial charge in [0.1, 0.15) is 4.32 Å². The molecular formula is C12H15N3S2. The van der Waals surface area contributed by atoms with Crippen LogP contribution in [0.3, 0.4) is 0 Å². The average molecular weight is 265 g/mol. The van der Waals surface area contributed by atoms with E-state index in [0.717, 1.165) is 29.5 Å². The number of hydrogen-bond donors (Lipinski definition) is 1. The lowest BCUT2D eigenvalue weighted by molar-refractivity contribution is 0.780. The van der Waals surface area contributed by atoms with Crippen LogP contribution < -0.4 is 5.32 Å². The highest BCUT2D eigenvalue weighted by molar-refractivity contribution is 8.22. The summed E-state index contributed by atoms with van der Waals surface area (Å²) in [5.74, 6) is 0.769. The first-order valence-corrected chi connectivity index (χ1v) is 6.89. The largest absolute Gasteiger partial charge is 0.371 e. The smallest absolute Gasteiger partial charge is 0.133 e. The monoisotopic (exact) mass is 265 g/mol. The van der Waals surface area contributed by atoms with Gasteiger partial charge in [-0.1, -0.05) is 30.0 Å². The number of thioether (sulfide) groups is 1. The first-order valence-electron chi connectivity index (χ1n) is 5.49. The van der Waals surface area contributed by atoms with Gasteiger partial charge >= 0.3 is 0 Å². The topological polar surface area (TPSA) is 48.7 Å². The molecule has 0 aromatic carbocycles. The summed E-state index contributed by atoms with van der Waals surface area (Å²) in [6.07, 6.45) is 6.25. The van der Waals surface area contributed by atoms with Crippen LogP contribution in [0.2, 0.25) is 0 Å². The van der Waals surface area contributed by atoms with Crippen molar-refractivity contribution in [3.8, 4) is 6.07 Å². The molecule has 0 bridgehead atoms. The van der Waals surface area contributed by atoms with Gasteiger partial charge in [0.05, 0.1) is 6.07 Å². The Kier molecular flexibility index (Phi) is 7.35. The lowest BCUT2D eigenvalue weighted by Gasteiger charge is -2.06. The molecule has 1 aromatic heterocycles. The van der Waals surface area contributed by atoms with Crippen molar-refractivity contribution in [2.45, 2.75) is 19.3 Å². The van der Waals surface area contributed by atoms with E-state index >= 15 is 0 Å². The first-order chi connectivity index (χ1) is 8.33. The number of nitrogens with zero attached hydrogens (tertiary/aromatic N) is 2. The summed E-state index contributed by atoms with van der Waals surface area (Å²) in [5, 5.41) is 11.6. The quantitative estimate of drug-likeness (QED) is 0.632. The second-order valence-corrected chi connectivity index (χ2v) is 5.21. The van der Waals surface area contributed by atoms with Gasteiger partial charge in [-0.3, -0.25) is 4.98 Å². The van der Waals surface area contributed by atoms with Crippen LogP contribution in [-0.4, -0.2) is 21.6 Å². The Labute approximate surface area is 112 Å². The molecule has 1 N–H and O–H groups in total. The Morgan fingerprint density at radius 2 is 2.47 bits per heavy atom. The zero-order chi connectivity index (χ0) is 12.3. The van der Waals surface area contributed by atoms with Crippen LogP contribution in [0.15, 0.2) is 24.5 Å². The van der Waals surface area contributed by atoms with E-state index < -0.39 is 0 Å². The second-order valence-electron chi connectivity index (χ2n) is 3.44. The van der Waals surface area contributed by atoms with Crippen molar-refractivity contribution in [2.24, 2.45) is 0 Å². The minimum atomic E-state index is 0.544. The van der Waals surface area contributed by atoms with Gasteiger partial charge in [0, 0.05) is 31.1 Å². The van der Waals surface area contributed by atoms with Crippen LogP contribution in [0, 0.1) is 11.3 Å². The highest BCUT2D eigenvalue weighted by Crippen LogP contribution is 2.04. The predicted octanol–water partition coefficient (Wildman–Crippen LogP) is 2.54. The summed E-state index contributed by atoms with van der Waals surface area (Å²) in [7, 11) is 0. The van der Waals surface area contributed by atoms with Gasteiger partial charge in [-0.25, -0.2) is 0 Å². The highest BCUT2D eigenvalue weighted by atomic mass is 32.2. The Morgan fingerprint density at radius 1 is 1.59 bits per heavy atom. The Bertz CT molecular complexity index is 373. The molecule has 90 valence electrons. The lowest BCUT2D eigenvalue weighted by Crippen LogP contribution is -2.20. The van der Waals surface area contributed by atoms with E-state index in [1.807, 2.05) is 12.3 Å². The molecule has 0 aliphatic heterocycles. The third-order valence-electron chi connectivity index (χ3n) is 2.08. The fraction of sp³-hybridized carbons (Fsp3) is 0.417. The SMILES string of the molecule is N#CCCSC(=S)NCCCc1cccnc1. The van der Waals surface area contributed by atoms with E-state index in [-0.39, 0.29) is 0 Å². The standard InChI is InChI=1S/C12H15N3S2/c13-6-3-9-17-12(16)15-8-2-5-11-4-1-7-14-10-11/h1,4,7,10H,2-3,5,8-9H2,(H,15,16). The van der Waals surface area contributed by atoms with Crippen LogP contribution in [0.5, 0.6) is 0 Å². The van der Waals surface area contributed by atoms with Crippen LogP contribution in [0.4, 0.5) is 0 Å². The highest BCUT2D eigenvalue weighted by Gasteiger charge is 1.97. The molecule has 1 aromatic rings. The van der Waals surface area contributed by atoms with Gasteiger partial charge in [-0.2, -0.15) is 5.26 Å². The molecule has 5 heteroatoms. The minimum absolute atomic E-state index is 0.544. The number of hydrogen-bond acceptors (Lipinski definition) is 4. The third kappa shape index (κ3) is 6.93. The molecular weight excluding hydrogens is 250 g/mol. The molecule has 3 nitrogen and oxygen atoms in total. The minimum Gasteiger partial charge on any atom is -0.371 e. The summed E-state index contributed by atoms with van der Waals surface area (Å²) < 4.78 is 0.784. The van der Waals surface area contributed by atoms with Gasteiger partial charge in [0.2, 0.25) is 0 Å². The van der Waals surface area contributed by atoms with Crippen molar-refractivity contribution >= 4 is 28.3 Å². The van der Waals surface area contributed by atoms with Crippen molar-refractivity contribution in [1.82, 2.24) is 10.3 Å². The number of thiocarbonyl (C=S) groups is 1. The van der Waals surface area contributed by atoms with E-state index in [2.05, 4.69) is 22.4 Å². The summed E-state index contributed by atoms with van der Waals surface area (Å²) >= 11 is 6.66. The molecule has 0 spiro atoms. The molecule has 0 unspecified atom stereocenters. The number of nitrogens with one attached hydrogen (secondary N) is 1. The van der Waals surface area contributed by atoms with Crippen LogP contribution in [0.1, 0.15) is 18.4 Å². The zero-order valence-electron chi connectivity index (χ0n) is 9.56. The Hall–Kier alpha value is -1.12. The fourth-order valence-corrected chi connectivity index (χ4v) is 2.20. The van der Waals surface area contributed by atoms with Crippen LogP contribution in [0.25, 0.3) is 0 Å². The molecule has 0 atom stereocenters. The van der Waals surface area contributed by atoms with Crippen molar-refractivity contribution in [3.05, 3.63) is 30.1 Å². The lowest BCUT2D eigenvalue weighted by atomic mass is 10.2. The average Bonchev–Trinajstić information content (AvgIpc) is 2.36. The molecule has 0 fully saturated rings. The predicted molar refractivity (Wildman–Crippen MR) is 75.8 cm³/mol. The first kappa shape index (κ1) is 13.9. The maximum atomic E-state index is 8.39. The van der Waals surface area contributed by atoms with Gasteiger partial charge < -0.3 is 5.32 Å². The van der Waals surface area contributed by atoms with Crippen molar-refractivity contribution in [2.75, 3.05) is 12.3 Å². The summed E-state index contributed by atoms with van der Waals surface area (Å²) in [4.78, 5) is 4.07. The van der Waals surface area contributed by atoms with Crippen molar-refractivity contribution in [3.63, 3.8) is 0 Å². The normalized spacial score (nSPS) is 9.59. The molecule has 0 aliphatic rings. The number of rotatable bonds is 6. The Morgan fingerprint density at radius 3 is 3.18 bits per heavy atom. The summed E-state index contributed by atoms with van der Waals surface area (Å²) in [6.45, 7) is 0.868. The van der Waals surface area contributed by atoms with Gasteiger partial charge in [-0.15, -0.1) is 0 Å². The van der Waals surface area contributed by atoms with E-state index in [9.17, 15) is 0 Å². The maximum Gasteiger partial charge on any atom is 0.133 e. The summed E-state index contributed by atoms with van der Waals surface area (Å²) in [6, 6.07) is 6.12. The maximum absolute atomic E-state index is 8.39. The van der Waals surface area contributed by atoms with Gasteiger partial charge in [0.15, 0.2) is 0 Å². The summed E-state index contributed by atoms with van der Waals surface area (Å²) in [5.41, 5.74) is 1.25. The van der Waals surface area contributed by atoms with Crippen molar-refractivity contribution in [1.29, 1.82) is 5.26 Å². The third-order valence-corrected chi connectivity index (χ3v) is 3.39. The Balaban J connectivity index is 2.04. The van der Waals surface area contributed by atoms with E-state index in [4.69, 9.17) is 17.5 Å². The van der Waals surface area contributed by atoms with Crippen LogP contribution >= 0.6 is 24.0 Å². The number of pyridine rings is 1. The molecule has 1 heterocycles. The molecule has 0 radical (unpaired) electrons. The molecule has 0 saturated carbocycles. The number of nitriles is 1. The van der Waals surface area contributed by atoms with Crippen LogP contribution in [-0.2, 0) is 6.42 Å². The molecule has 1 rings (SSSR count). The van der Waals surface area contributed by atoms with Gasteiger partial charge in [-0.05, 0) is 24.5 Å². The van der Waals surface area contributed by atoms with Gasteiger partial charge in [0.25, 0.3) is 0 Å². The zero-order valence-corrected chi connectivity index (χ0v) is 11.2. The molecule has 0 aliphatic carbocycles. The molecule has 17 heavy (non-hydrogen) atoms. The van der Waals surface area contributed by atoms with Crippen molar-refractivity contribution < 1.29 is 0 Å².